The molecule has 0 aliphatic carbocycles. The molecule has 0 atom stereocenters. The Hall–Kier alpha value is -2.31. The Morgan fingerprint density at radius 3 is 2.12 bits per heavy atom. The molecular formula is C9H8NO6. The third-order valence-corrected chi connectivity index (χ3v) is 1.92. The first-order chi connectivity index (χ1) is 7.51. The van der Waals surface area contributed by atoms with E-state index in [4.69, 9.17) is 9.47 Å². The molecule has 0 spiro atoms. The van der Waals surface area contributed by atoms with E-state index in [1.54, 1.807) is 0 Å². The zero-order valence-corrected chi connectivity index (χ0v) is 8.55. The molecule has 0 N–H and O–H groups in total. The zero-order chi connectivity index (χ0) is 12.3. The van der Waals surface area contributed by atoms with Crippen molar-refractivity contribution in [1.82, 2.24) is 0 Å². The van der Waals surface area contributed by atoms with Crippen LogP contribution in [0.3, 0.4) is 0 Å². The topological polar surface area (TPSA) is 98.6 Å². The summed E-state index contributed by atoms with van der Waals surface area (Å²) in [4.78, 5) is 20.5. The zero-order valence-electron chi connectivity index (χ0n) is 8.55. The van der Waals surface area contributed by atoms with Gasteiger partial charge in [0.2, 0.25) is 0 Å². The maximum Gasteiger partial charge on any atom is 0.393 e. The van der Waals surface area contributed by atoms with E-state index in [0.717, 1.165) is 12.1 Å². The first kappa shape index (κ1) is 11.8. The first-order valence-corrected chi connectivity index (χ1v) is 4.13. The minimum atomic E-state index is -1.65. The van der Waals surface area contributed by atoms with E-state index in [1.807, 2.05) is 0 Å². The van der Waals surface area contributed by atoms with Crippen LogP contribution in [0.1, 0.15) is 10.4 Å². The molecule has 0 amide bonds. The normalized spacial score (nSPS) is 9.62. The molecule has 16 heavy (non-hydrogen) atoms. The number of hydrogen-bond donors (Lipinski definition) is 0. The van der Waals surface area contributed by atoms with Crippen molar-refractivity contribution >= 4 is 11.7 Å². The second-order valence-electron chi connectivity index (χ2n) is 2.77. The third kappa shape index (κ3) is 2.02. The predicted molar refractivity (Wildman–Crippen MR) is 51.2 cm³/mol. The summed E-state index contributed by atoms with van der Waals surface area (Å²) in [7, 11) is 2.59. The molecule has 0 aliphatic rings. The van der Waals surface area contributed by atoms with Gasteiger partial charge in [0.1, 0.15) is 5.56 Å². The molecule has 1 aromatic carbocycles. The maximum atomic E-state index is 10.7. The fraction of sp³-hybridized carbons (Fsp3) is 0.222. The summed E-state index contributed by atoms with van der Waals surface area (Å²) in [5.74, 6) is -1.47. The van der Waals surface area contributed by atoms with Crippen LogP contribution in [0.4, 0.5) is 5.69 Å². The lowest BCUT2D eigenvalue weighted by molar-refractivity contribution is -0.385. The monoisotopic (exact) mass is 226 g/mol. The highest BCUT2D eigenvalue weighted by Gasteiger charge is 2.25. The summed E-state index contributed by atoms with van der Waals surface area (Å²) in [6, 6.07) is 1.97. The summed E-state index contributed by atoms with van der Waals surface area (Å²) in [5, 5.41) is 21.3. The van der Waals surface area contributed by atoms with Gasteiger partial charge in [0.25, 0.3) is 5.69 Å². The second-order valence-corrected chi connectivity index (χ2v) is 2.77. The lowest BCUT2D eigenvalue weighted by atomic mass is 10.1. The van der Waals surface area contributed by atoms with E-state index in [9.17, 15) is 20.0 Å². The largest absolute Gasteiger partial charge is 0.493 e. The van der Waals surface area contributed by atoms with Gasteiger partial charge in [0.05, 0.1) is 25.2 Å². The van der Waals surface area contributed by atoms with E-state index in [-0.39, 0.29) is 11.5 Å². The fourth-order valence-electron chi connectivity index (χ4n) is 1.18. The Kier molecular flexibility index (Phi) is 3.29. The van der Waals surface area contributed by atoms with Crippen LogP contribution in [0, 0.1) is 10.1 Å². The Morgan fingerprint density at radius 2 is 1.75 bits per heavy atom. The molecule has 0 aromatic heterocycles. The van der Waals surface area contributed by atoms with Gasteiger partial charge in [0.15, 0.2) is 11.5 Å². The van der Waals surface area contributed by atoms with Crippen LogP contribution in [0.25, 0.3) is 0 Å². The highest BCUT2D eigenvalue weighted by atomic mass is 16.6. The molecular weight excluding hydrogens is 218 g/mol. The molecule has 1 rings (SSSR count). The van der Waals surface area contributed by atoms with Crippen molar-refractivity contribution in [3.05, 3.63) is 27.8 Å². The van der Waals surface area contributed by atoms with E-state index in [2.05, 4.69) is 0 Å². The Labute approximate surface area is 90.4 Å². The van der Waals surface area contributed by atoms with Crippen LogP contribution in [-0.2, 0) is 5.11 Å². The highest BCUT2D eigenvalue weighted by Crippen LogP contribution is 2.34. The summed E-state index contributed by atoms with van der Waals surface area (Å²) < 4.78 is 9.64. The minimum absolute atomic E-state index is 0.0826. The number of nitro groups is 1. The molecule has 0 unspecified atom stereocenters. The average molecular weight is 226 g/mol. The van der Waals surface area contributed by atoms with Gasteiger partial charge >= 0.3 is 5.97 Å². The lowest BCUT2D eigenvalue weighted by Gasteiger charge is -2.07. The summed E-state index contributed by atoms with van der Waals surface area (Å²) in [6.07, 6.45) is 0. The molecule has 0 saturated heterocycles. The van der Waals surface area contributed by atoms with Crippen molar-refractivity contribution in [2.75, 3.05) is 14.2 Å². The van der Waals surface area contributed by atoms with Crippen LogP contribution in [0.2, 0.25) is 0 Å². The maximum absolute atomic E-state index is 10.7. The van der Waals surface area contributed by atoms with Gasteiger partial charge in [-0.3, -0.25) is 10.1 Å². The number of nitro benzene ring substituents is 1. The quantitative estimate of drug-likeness (QED) is 0.567. The smallest absolute Gasteiger partial charge is 0.393 e. The number of carbonyl (C=O) groups is 1. The van der Waals surface area contributed by atoms with Gasteiger partial charge < -0.3 is 9.47 Å². The third-order valence-electron chi connectivity index (χ3n) is 1.92. The van der Waals surface area contributed by atoms with Gasteiger partial charge in [-0.05, 0) is 0 Å². The van der Waals surface area contributed by atoms with E-state index in [1.165, 1.54) is 14.2 Å². The van der Waals surface area contributed by atoms with Crippen LogP contribution in [-0.4, -0.2) is 25.1 Å². The molecule has 0 saturated carbocycles. The second kappa shape index (κ2) is 4.47. The summed E-state index contributed by atoms with van der Waals surface area (Å²) >= 11 is 0. The minimum Gasteiger partial charge on any atom is -0.493 e. The van der Waals surface area contributed by atoms with Gasteiger partial charge in [-0.15, -0.1) is 0 Å². The number of benzene rings is 1. The van der Waals surface area contributed by atoms with Crippen LogP contribution < -0.4 is 9.47 Å². The van der Waals surface area contributed by atoms with Crippen molar-refractivity contribution < 1.29 is 24.3 Å². The van der Waals surface area contributed by atoms with Gasteiger partial charge in [-0.1, -0.05) is 0 Å². The molecule has 85 valence electrons. The standard InChI is InChI=1S/C9H8NO6/c1-15-7-3-5(9(11)12)6(10(13)14)4-8(7)16-2/h3-4H,1-2H3. The Balaban J connectivity index is 3.47. The first-order valence-electron chi connectivity index (χ1n) is 4.13. The number of hydrogen-bond acceptors (Lipinski definition) is 5. The molecule has 0 bridgehead atoms. The molecule has 7 heteroatoms. The van der Waals surface area contributed by atoms with E-state index in [0.29, 0.717) is 0 Å². The molecule has 0 fully saturated rings. The predicted octanol–water partition coefficient (Wildman–Crippen LogP) is 1.18. The number of rotatable bonds is 4. The highest BCUT2D eigenvalue weighted by molar-refractivity contribution is 5.93. The summed E-state index contributed by atoms with van der Waals surface area (Å²) in [6.45, 7) is 0. The van der Waals surface area contributed by atoms with Crippen molar-refractivity contribution in [1.29, 1.82) is 0 Å². The van der Waals surface area contributed by atoms with Gasteiger partial charge in [-0.2, -0.15) is 0 Å². The molecule has 1 radical (unpaired) electrons. The molecule has 7 nitrogen and oxygen atoms in total. The molecule has 0 aliphatic heterocycles. The van der Waals surface area contributed by atoms with Crippen molar-refractivity contribution in [2.24, 2.45) is 0 Å². The van der Waals surface area contributed by atoms with Crippen molar-refractivity contribution in [2.45, 2.75) is 0 Å². The SMILES string of the molecule is COc1cc(C([O])=O)c([N+](=O)[O-])cc1OC. The molecule has 1 aromatic rings. The fourth-order valence-corrected chi connectivity index (χ4v) is 1.18. The van der Waals surface area contributed by atoms with Gasteiger partial charge in [0, 0.05) is 6.07 Å². The summed E-state index contributed by atoms with van der Waals surface area (Å²) in [5.41, 5.74) is -1.15. The Morgan fingerprint density at radius 1 is 1.25 bits per heavy atom. The molecule has 0 heterocycles. The average Bonchev–Trinajstić information content (AvgIpc) is 2.26. The van der Waals surface area contributed by atoms with Crippen LogP contribution in [0.15, 0.2) is 12.1 Å². The van der Waals surface area contributed by atoms with E-state index >= 15 is 0 Å². The van der Waals surface area contributed by atoms with Crippen molar-refractivity contribution in [3.8, 4) is 11.5 Å². The van der Waals surface area contributed by atoms with Crippen molar-refractivity contribution in [3.63, 3.8) is 0 Å². The van der Waals surface area contributed by atoms with Gasteiger partial charge in [-0.25, -0.2) is 9.90 Å². The lowest BCUT2D eigenvalue weighted by Crippen LogP contribution is -2.03. The number of nitrogens with zero attached hydrogens (tertiary/aromatic N) is 1. The van der Waals surface area contributed by atoms with Crippen LogP contribution >= 0.6 is 0 Å². The number of carbonyl (C=O) groups excluding carboxylic acids is 1. The number of methoxy groups -OCH3 is 2. The number of ether oxygens (including phenoxy) is 2. The Bertz CT molecular complexity index is 401. The van der Waals surface area contributed by atoms with Crippen LogP contribution in [0.5, 0.6) is 11.5 Å². The van der Waals surface area contributed by atoms with E-state index < -0.39 is 22.1 Å².